The van der Waals surface area contributed by atoms with Gasteiger partial charge in [0.25, 0.3) is 0 Å². The number of benzene rings is 2. The van der Waals surface area contributed by atoms with Crippen LogP contribution in [0.25, 0.3) is 22.3 Å². The SMILES string of the molecule is CCN(c1ccc(-c2cnoc2)cc1)c1cc(-c2c(C)noc2C)ccc1C. The van der Waals surface area contributed by atoms with Crippen molar-refractivity contribution in [3.63, 3.8) is 0 Å². The summed E-state index contributed by atoms with van der Waals surface area (Å²) in [6.07, 6.45) is 3.38. The van der Waals surface area contributed by atoms with E-state index in [1.807, 2.05) is 13.8 Å². The van der Waals surface area contributed by atoms with Crippen molar-refractivity contribution < 1.29 is 9.05 Å². The molecule has 0 aliphatic carbocycles. The lowest BCUT2D eigenvalue weighted by atomic mass is 10.0. The molecule has 0 saturated carbocycles. The number of anilines is 2. The smallest absolute Gasteiger partial charge is 0.141 e. The van der Waals surface area contributed by atoms with Crippen LogP contribution in [0.2, 0.25) is 0 Å². The molecule has 4 aromatic rings. The maximum atomic E-state index is 5.36. The van der Waals surface area contributed by atoms with Crippen LogP contribution in [0.4, 0.5) is 11.4 Å². The van der Waals surface area contributed by atoms with E-state index in [1.54, 1.807) is 12.5 Å². The van der Waals surface area contributed by atoms with Gasteiger partial charge in [0.2, 0.25) is 0 Å². The van der Waals surface area contributed by atoms with Crippen molar-refractivity contribution in [1.82, 2.24) is 10.3 Å². The van der Waals surface area contributed by atoms with Crippen LogP contribution in [-0.2, 0) is 0 Å². The fourth-order valence-electron chi connectivity index (χ4n) is 3.62. The van der Waals surface area contributed by atoms with Gasteiger partial charge in [-0.05, 0) is 62.6 Å². The minimum atomic E-state index is 0.841. The first-order valence-electron chi connectivity index (χ1n) is 9.39. The Balaban J connectivity index is 1.73. The van der Waals surface area contributed by atoms with Gasteiger partial charge in [0.15, 0.2) is 0 Å². The van der Waals surface area contributed by atoms with Crippen molar-refractivity contribution in [1.29, 1.82) is 0 Å². The molecule has 0 N–H and O–H groups in total. The number of nitrogens with zero attached hydrogens (tertiary/aromatic N) is 3. The summed E-state index contributed by atoms with van der Waals surface area (Å²) >= 11 is 0. The quantitative estimate of drug-likeness (QED) is 0.424. The molecule has 0 bridgehead atoms. The fraction of sp³-hybridized carbons (Fsp3) is 0.217. The Morgan fingerprint density at radius 1 is 0.929 bits per heavy atom. The molecule has 0 radical (unpaired) electrons. The van der Waals surface area contributed by atoms with E-state index in [0.29, 0.717) is 0 Å². The van der Waals surface area contributed by atoms with E-state index in [0.717, 1.165) is 45.9 Å². The van der Waals surface area contributed by atoms with Crippen LogP contribution in [0.1, 0.15) is 23.9 Å². The first-order valence-corrected chi connectivity index (χ1v) is 9.39. The second kappa shape index (κ2) is 7.35. The van der Waals surface area contributed by atoms with Gasteiger partial charge in [-0.2, -0.15) is 0 Å². The molecule has 0 aliphatic rings. The number of aromatic nitrogens is 2. The summed E-state index contributed by atoms with van der Waals surface area (Å²) < 4.78 is 10.3. The molecule has 0 saturated heterocycles. The molecule has 142 valence electrons. The third kappa shape index (κ3) is 3.20. The maximum Gasteiger partial charge on any atom is 0.141 e. The number of rotatable bonds is 5. The molecule has 0 spiro atoms. The van der Waals surface area contributed by atoms with Gasteiger partial charge in [0, 0.05) is 29.0 Å². The van der Waals surface area contributed by atoms with Crippen molar-refractivity contribution in [3.05, 3.63) is 71.9 Å². The summed E-state index contributed by atoms with van der Waals surface area (Å²) in [5, 5.41) is 7.88. The van der Waals surface area contributed by atoms with E-state index < -0.39 is 0 Å². The molecule has 2 aromatic heterocycles. The van der Waals surface area contributed by atoms with E-state index in [-0.39, 0.29) is 0 Å². The van der Waals surface area contributed by atoms with Crippen molar-refractivity contribution in [2.24, 2.45) is 0 Å². The molecular weight excluding hydrogens is 350 g/mol. The fourth-order valence-corrected chi connectivity index (χ4v) is 3.62. The second-order valence-electron chi connectivity index (χ2n) is 6.90. The normalized spacial score (nSPS) is 11.0. The molecule has 2 heterocycles. The average molecular weight is 373 g/mol. The van der Waals surface area contributed by atoms with Crippen molar-refractivity contribution >= 4 is 11.4 Å². The molecular formula is C23H23N3O2. The van der Waals surface area contributed by atoms with Gasteiger partial charge in [-0.1, -0.05) is 34.6 Å². The molecule has 0 amide bonds. The first kappa shape index (κ1) is 18.0. The summed E-state index contributed by atoms with van der Waals surface area (Å²) in [4.78, 5) is 2.31. The largest absolute Gasteiger partial charge is 0.364 e. The van der Waals surface area contributed by atoms with Crippen LogP contribution in [0, 0.1) is 20.8 Å². The van der Waals surface area contributed by atoms with Gasteiger partial charge in [-0.25, -0.2) is 0 Å². The Morgan fingerprint density at radius 2 is 1.68 bits per heavy atom. The monoisotopic (exact) mass is 373 g/mol. The van der Waals surface area contributed by atoms with E-state index in [2.05, 4.69) is 71.5 Å². The Kier molecular flexibility index (Phi) is 4.74. The molecule has 2 aromatic carbocycles. The Hall–Kier alpha value is -3.34. The lowest BCUT2D eigenvalue weighted by Gasteiger charge is -2.26. The third-order valence-corrected chi connectivity index (χ3v) is 5.08. The van der Waals surface area contributed by atoms with Gasteiger partial charge in [0.1, 0.15) is 12.0 Å². The second-order valence-corrected chi connectivity index (χ2v) is 6.90. The van der Waals surface area contributed by atoms with Gasteiger partial charge in [-0.3, -0.25) is 0 Å². The van der Waals surface area contributed by atoms with Crippen LogP contribution in [-0.4, -0.2) is 16.9 Å². The molecule has 4 rings (SSSR count). The predicted molar refractivity (Wildman–Crippen MR) is 111 cm³/mol. The van der Waals surface area contributed by atoms with Crippen LogP contribution in [0.5, 0.6) is 0 Å². The minimum Gasteiger partial charge on any atom is -0.364 e. The summed E-state index contributed by atoms with van der Waals surface area (Å²) in [7, 11) is 0. The number of hydrogen-bond acceptors (Lipinski definition) is 5. The third-order valence-electron chi connectivity index (χ3n) is 5.08. The van der Waals surface area contributed by atoms with Gasteiger partial charge in [0.05, 0.1) is 11.9 Å². The summed E-state index contributed by atoms with van der Waals surface area (Å²) in [5.74, 6) is 0.841. The molecule has 0 fully saturated rings. The highest BCUT2D eigenvalue weighted by Crippen LogP contribution is 2.35. The van der Waals surface area contributed by atoms with E-state index in [9.17, 15) is 0 Å². The Bertz CT molecular complexity index is 1060. The minimum absolute atomic E-state index is 0.841. The van der Waals surface area contributed by atoms with E-state index >= 15 is 0 Å². The van der Waals surface area contributed by atoms with Crippen LogP contribution in [0.15, 0.2) is 64.0 Å². The Labute approximate surface area is 164 Å². The first-order chi connectivity index (χ1) is 13.6. The summed E-state index contributed by atoms with van der Waals surface area (Å²) in [6.45, 7) is 9.09. The van der Waals surface area contributed by atoms with Gasteiger partial charge < -0.3 is 13.9 Å². The van der Waals surface area contributed by atoms with Crippen molar-refractivity contribution in [2.75, 3.05) is 11.4 Å². The van der Waals surface area contributed by atoms with Crippen molar-refractivity contribution in [2.45, 2.75) is 27.7 Å². The lowest BCUT2D eigenvalue weighted by Crippen LogP contribution is -2.17. The van der Waals surface area contributed by atoms with Crippen molar-refractivity contribution in [3.8, 4) is 22.3 Å². The molecule has 0 aliphatic heterocycles. The summed E-state index contributed by atoms with van der Waals surface area (Å²) in [5.41, 5.74) is 8.71. The number of aryl methyl sites for hydroxylation is 3. The van der Waals surface area contributed by atoms with Gasteiger partial charge >= 0.3 is 0 Å². The van der Waals surface area contributed by atoms with Crippen LogP contribution >= 0.6 is 0 Å². The zero-order valence-electron chi connectivity index (χ0n) is 16.6. The highest BCUT2D eigenvalue weighted by atomic mass is 16.5. The zero-order valence-corrected chi connectivity index (χ0v) is 16.6. The highest BCUT2D eigenvalue weighted by Gasteiger charge is 2.16. The average Bonchev–Trinajstić information content (AvgIpc) is 3.35. The summed E-state index contributed by atoms with van der Waals surface area (Å²) in [6, 6.07) is 15.0. The van der Waals surface area contributed by atoms with E-state index in [4.69, 9.17) is 9.05 Å². The molecule has 0 unspecified atom stereocenters. The molecule has 5 nitrogen and oxygen atoms in total. The van der Waals surface area contributed by atoms with Crippen LogP contribution < -0.4 is 4.90 Å². The molecule has 0 atom stereocenters. The number of hydrogen-bond donors (Lipinski definition) is 0. The standard InChI is InChI=1S/C23H23N3O2/c1-5-26(21-10-8-18(9-11-21)20-13-24-27-14-20)22-12-19(7-6-15(22)2)23-16(3)25-28-17(23)4/h6-14H,5H2,1-4H3. The van der Waals surface area contributed by atoms with Crippen LogP contribution in [0.3, 0.4) is 0 Å². The van der Waals surface area contributed by atoms with E-state index in [1.165, 1.54) is 11.3 Å². The molecule has 28 heavy (non-hydrogen) atoms. The predicted octanol–water partition coefficient (Wildman–Crippen LogP) is 6.08. The lowest BCUT2D eigenvalue weighted by molar-refractivity contribution is 0.393. The molecule has 5 heteroatoms. The topological polar surface area (TPSA) is 55.3 Å². The highest BCUT2D eigenvalue weighted by molar-refractivity contribution is 5.77. The Morgan fingerprint density at radius 3 is 2.29 bits per heavy atom. The maximum absolute atomic E-state index is 5.36. The zero-order chi connectivity index (χ0) is 19.7. The van der Waals surface area contributed by atoms with Gasteiger partial charge in [-0.15, -0.1) is 0 Å².